The summed E-state index contributed by atoms with van der Waals surface area (Å²) in [5, 5.41) is 3.41. The third-order valence-electron chi connectivity index (χ3n) is 4.35. The molecule has 0 amide bonds. The molecule has 0 heterocycles. The van der Waals surface area contributed by atoms with E-state index in [-0.39, 0.29) is 6.04 Å². The highest BCUT2D eigenvalue weighted by Crippen LogP contribution is 2.35. The Morgan fingerprint density at radius 2 is 1.95 bits per heavy atom. The molecular weight excluding hydrogens is 236 g/mol. The van der Waals surface area contributed by atoms with Gasteiger partial charge in [0.05, 0.1) is 12.7 Å². The van der Waals surface area contributed by atoms with Gasteiger partial charge in [0.15, 0.2) is 0 Å². The Morgan fingerprint density at radius 3 is 2.58 bits per heavy atom. The number of nitrogens with two attached hydrogens (primary N) is 1. The van der Waals surface area contributed by atoms with Crippen molar-refractivity contribution in [3.8, 4) is 0 Å². The van der Waals surface area contributed by atoms with Crippen LogP contribution in [0.1, 0.15) is 53.4 Å². The topological polar surface area (TPSA) is 47.3 Å². The molecule has 0 spiro atoms. The highest BCUT2D eigenvalue weighted by Gasteiger charge is 2.31. The van der Waals surface area contributed by atoms with Crippen LogP contribution in [0.5, 0.6) is 0 Å². The van der Waals surface area contributed by atoms with E-state index in [0.29, 0.717) is 6.10 Å². The molecule has 1 saturated carbocycles. The Bertz CT molecular complexity index is 231. The molecule has 1 rings (SSSR count). The molecule has 0 aromatic rings. The van der Waals surface area contributed by atoms with Gasteiger partial charge in [0.25, 0.3) is 0 Å². The van der Waals surface area contributed by atoms with E-state index in [1.807, 2.05) is 0 Å². The molecule has 0 radical (unpaired) electrons. The Morgan fingerprint density at radius 1 is 1.21 bits per heavy atom. The lowest BCUT2D eigenvalue weighted by atomic mass is 9.75. The first-order chi connectivity index (χ1) is 9.00. The summed E-state index contributed by atoms with van der Waals surface area (Å²) in [4.78, 5) is 0. The normalized spacial score (nSPS) is 29.7. The van der Waals surface area contributed by atoms with Crippen molar-refractivity contribution in [1.29, 1.82) is 0 Å². The Hall–Kier alpha value is -0.120. The molecule has 0 aromatic carbocycles. The first-order valence-electron chi connectivity index (χ1n) is 8.08. The summed E-state index contributed by atoms with van der Waals surface area (Å²) in [6, 6.07) is 0.290. The molecule has 1 aliphatic carbocycles. The molecule has 19 heavy (non-hydrogen) atoms. The second kappa shape index (κ2) is 8.93. The highest BCUT2D eigenvalue weighted by molar-refractivity contribution is 4.81. The van der Waals surface area contributed by atoms with Crippen molar-refractivity contribution >= 4 is 0 Å². The van der Waals surface area contributed by atoms with E-state index < -0.39 is 0 Å². The van der Waals surface area contributed by atoms with E-state index in [9.17, 15) is 0 Å². The highest BCUT2D eigenvalue weighted by atomic mass is 16.5. The fraction of sp³-hybridized carbons (Fsp3) is 1.00. The molecule has 3 nitrogen and oxygen atoms in total. The average Bonchev–Trinajstić information content (AvgIpc) is 2.33. The number of hydrogen-bond acceptors (Lipinski definition) is 3. The van der Waals surface area contributed by atoms with Crippen LogP contribution in [0.3, 0.4) is 0 Å². The Balaban J connectivity index is 2.17. The number of rotatable bonds is 8. The van der Waals surface area contributed by atoms with E-state index in [1.54, 1.807) is 0 Å². The summed E-state index contributed by atoms with van der Waals surface area (Å²) in [6.07, 6.45) is 5.45. The summed E-state index contributed by atoms with van der Waals surface area (Å²) in [5.74, 6) is 2.31. The zero-order valence-corrected chi connectivity index (χ0v) is 13.3. The lowest BCUT2D eigenvalue weighted by molar-refractivity contribution is -0.0366. The van der Waals surface area contributed by atoms with Crippen molar-refractivity contribution in [2.45, 2.75) is 65.5 Å². The van der Waals surface area contributed by atoms with Gasteiger partial charge in [-0.05, 0) is 50.5 Å². The molecule has 0 aromatic heterocycles. The molecule has 114 valence electrons. The summed E-state index contributed by atoms with van der Waals surface area (Å²) < 4.78 is 6.14. The summed E-state index contributed by atoms with van der Waals surface area (Å²) in [5.41, 5.74) is 5.72. The smallest absolute Gasteiger partial charge is 0.0608 e. The van der Waals surface area contributed by atoms with Gasteiger partial charge in [0.2, 0.25) is 0 Å². The van der Waals surface area contributed by atoms with Crippen molar-refractivity contribution in [2.75, 3.05) is 19.7 Å². The molecule has 3 heteroatoms. The van der Waals surface area contributed by atoms with Crippen molar-refractivity contribution in [1.82, 2.24) is 5.32 Å². The zero-order chi connectivity index (χ0) is 14.3. The van der Waals surface area contributed by atoms with Gasteiger partial charge in [0.1, 0.15) is 0 Å². The van der Waals surface area contributed by atoms with Crippen molar-refractivity contribution in [3.05, 3.63) is 0 Å². The summed E-state index contributed by atoms with van der Waals surface area (Å²) >= 11 is 0. The second-order valence-corrected chi connectivity index (χ2v) is 6.75. The number of ether oxygens (including phenoxy) is 1. The minimum absolute atomic E-state index is 0.290. The van der Waals surface area contributed by atoms with Crippen LogP contribution in [0.15, 0.2) is 0 Å². The molecule has 1 fully saturated rings. The minimum Gasteiger partial charge on any atom is -0.377 e. The number of nitrogens with one attached hydrogen (secondary N) is 1. The van der Waals surface area contributed by atoms with Gasteiger partial charge < -0.3 is 15.8 Å². The van der Waals surface area contributed by atoms with E-state index >= 15 is 0 Å². The van der Waals surface area contributed by atoms with Crippen LogP contribution in [-0.2, 0) is 4.74 Å². The number of hydrogen-bond donors (Lipinski definition) is 2. The largest absolute Gasteiger partial charge is 0.377 e. The van der Waals surface area contributed by atoms with Gasteiger partial charge in [-0.1, -0.05) is 27.2 Å². The first kappa shape index (κ1) is 16.9. The van der Waals surface area contributed by atoms with Crippen molar-refractivity contribution in [3.63, 3.8) is 0 Å². The minimum atomic E-state index is 0.290. The maximum Gasteiger partial charge on any atom is 0.0608 e. The van der Waals surface area contributed by atoms with Crippen LogP contribution in [0.2, 0.25) is 0 Å². The van der Waals surface area contributed by atoms with Crippen LogP contribution in [0.25, 0.3) is 0 Å². The fourth-order valence-electron chi connectivity index (χ4n) is 3.04. The molecular formula is C16H34N2O. The van der Waals surface area contributed by atoms with E-state index in [4.69, 9.17) is 10.5 Å². The summed E-state index contributed by atoms with van der Waals surface area (Å²) in [6.45, 7) is 11.8. The molecule has 0 saturated heterocycles. The van der Waals surface area contributed by atoms with Gasteiger partial charge in [-0.3, -0.25) is 0 Å². The van der Waals surface area contributed by atoms with Gasteiger partial charge >= 0.3 is 0 Å². The predicted molar refractivity (Wildman–Crippen MR) is 82.2 cm³/mol. The maximum absolute atomic E-state index is 6.14. The average molecular weight is 270 g/mol. The summed E-state index contributed by atoms with van der Waals surface area (Å²) in [7, 11) is 0. The van der Waals surface area contributed by atoms with Crippen LogP contribution in [-0.4, -0.2) is 31.8 Å². The predicted octanol–water partition coefficient (Wildman–Crippen LogP) is 2.79. The van der Waals surface area contributed by atoms with Crippen LogP contribution in [0.4, 0.5) is 0 Å². The molecule has 3 unspecified atom stereocenters. The van der Waals surface area contributed by atoms with Gasteiger partial charge in [-0.15, -0.1) is 0 Å². The van der Waals surface area contributed by atoms with E-state index in [0.717, 1.165) is 43.9 Å². The third-order valence-corrected chi connectivity index (χ3v) is 4.35. The SMILES string of the molecule is CC1CCC(C(C)C)C(OCCNCC[C@H](C)N)C1. The standard InChI is InChI=1S/C16H34N2O/c1-12(2)15-6-5-13(3)11-16(15)19-10-9-18-8-7-14(4)17/h12-16,18H,5-11,17H2,1-4H3/t13?,14-,15?,16?/m0/s1. The van der Waals surface area contributed by atoms with Crippen LogP contribution < -0.4 is 11.1 Å². The lowest BCUT2D eigenvalue weighted by Gasteiger charge is -2.37. The van der Waals surface area contributed by atoms with E-state index in [2.05, 4.69) is 33.0 Å². The van der Waals surface area contributed by atoms with Crippen molar-refractivity contribution < 1.29 is 4.74 Å². The molecule has 3 N–H and O–H groups in total. The van der Waals surface area contributed by atoms with Crippen LogP contribution in [0, 0.1) is 17.8 Å². The monoisotopic (exact) mass is 270 g/mol. The second-order valence-electron chi connectivity index (χ2n) is 6.75. The lowest BCUT2D eigenvalue weighted by Crippen LogP contribution is -2.36. The van der Waals surface area contributed by atoms with Gasteiger partial charge in [0, 0.05) is 12.6 Å². The van der Waals surface area contributed by atoms with Crippen molar-refractivity contribution in [2.24, 2.45) is 23.5 Å². The molecule has 4 atom stereocenters. The Kier molecular flexibility index (Phi) is 7.96. The van der Waals surface area contributed by atoms with Gasteiger partial charge in [-0.2, -0.15) is 0 Å². The maximum atomic E-state index is 6.14. The Labute approximate surface area is 119 Å². The molecule has 1 aliphatic rings. The van der Waals surface area contributed by atoms with E-state index in [1.165, 1.54) is 19.3 Å². The first-order valence-corrected chi connectivity index (χ1v) is 8.08. The fourth-order valence-corrected chi connectivity index (χ4v) is 3.04. The van der Waals surface area contributed by atoms with Gasteiger partial charge in [-0.25, -0.2) is 0 Å². The quantitative estimate of drug-likeness (QED) is 0.667. The molecule has 0 bridgehead atoms. The zero-order valence-electron chi connectivity index (χ0n) is 13.3. The van der Waals surface area contributed by atoms with Crippen LogP contribution >= 0.6 is 0 Å². The third kappa shape index (κ3) is 6.73. The molecule has 0 aliphatic heterocycles.